The van der Waals surface area contributed by atoms with E-state index in [1.165, 1.54) is 11.3 Å². The lowest BCUT2D eigenvalue weighted by atomic mass is 9.98. The molecule has 0 radical (unpaired) electrons. The predicted octanol–water partition coefficient (Wildman–Crippen LogP) is 4.32. The Morgan fingerprint density at radius 3 is 2.53 bits per heavy atom. The molecule has 30 heavy (non-hydrogen) atoms. The number of piperidine rings is 1. The molecule has 1 amide bonds. The first kappa shape index (κ1) is 20.7. The van der Waals surface area contributed by atoms with Gasteiger partial charge in [0.1, 0.15) is 0 Å². The van der Waals surface area contributed by atoms with E-state index in [1.54, 1.807) is 0 Å². The molecular weight excluding hydrogens is 374 g/mol. The monoisotopic (exact) mass is 407 g/mol. The van der Waals surface area contributed by atoms with E-state index in [2.05, 4.69) is 48.3 Å². The Bertz CT molecular complexity index is 868. The fourth-order valence-corrected chi connectivity index (χ4v) is 4.35. The summed E-state index contributed by atoms with van der Waals surface area (Å²) in [5.74, 6) is 0.886. The van der Waals surface area contributed by atoms with Crippen LogP contribution in [0.5, 0.6) is 0 Å². The molecule has 1 N–H and O–H groups in total. The Balaban J connectivity index is 1.42. The molecule has 0 bridgehead atoms. The van der Waals surface area contributed by atoms with Crippen LogP contribution < -0.4 is 10.2 Å². The van der Waals surface area contributed by atoms with Gasteiger partial charge in [-0.05, 0) is 61.1 Å². The molecule has 2 aliphatic heterocycles. The normalized spacial score (nSPS) is 17.8. The minimum absolute atomic E-state index is 0.161. The second-order valence-corrected chi connectivity index (χ2v) is 8.59. The van der Waals surface area contributed by atoms with Gasteiger partial charge in [0.05, 0.1) is 13.2 Å². The van der Waals surface area contributed by atoms with Crippen LogP contribution in [-0.2, 0) is 11.3 Å². The lowest BCUT2D eigenvalue weighted by Crippen LogP contribution is -2.37. The maximum Gasteiger partial charge on any atom is 0.253 e. The second-order valence-electron chi connectivity index (χ2n) is 8.59. The van der Waals surface area contributed by atoms with Crippen LogP contribution in [0.25, 0.3) is 0 Å². The van der Waals surface area contributed by atoms with E-state index in [-0.39, 0.29) is 5.91 Å². The van der Waals surface area contributed by atoms with Crippen molar-refractivity contribution in [2.24, 2.45) is 5.92 Å². The van der Waals surface area contributed by atoms with Gasteiger partial charge < -0.3 is 19.9 Å². The van der Waals surface area contributed by atoms with Crippen molar-refractivity contribution in [3.8, 4) is 0 Å². The van der Waals surface area contributed by atoms with E-state index in [4.69, 9.17) is 4.74 Å². The van der Waals surface area contributed by atoms with Crippen LogP contribution in [0.2, 0.25) is 0 Å². The number of carbonyl (C=O) groups excluding carboxylic acids is 1. The summed E-state index contributed by atoms with van der Waals surface area (Å²) in [5.41, 5.74) is 5.53. The molecule has 0 atom stereocenters. The van der Waals surface area contributed by atoms with Crippen molar-refractivity contribution in [2.75, 3.05) is 49.6 Å². The highest BCUT2D eigenvalue weighted by atomic mass is 16.5. The van der Waals surface area contributed by atoms with Crippen molar-refractivity contribution in [1.82, 2.24) is 4.90 Å². The fourth-order valence-electron chi connectivity index (χ4n) is 4.35. The molecule has 5 nitrogen and oxygen atoms in total. The van der Waals surface area contributed by atoms with Gasteiger partial charge in [0, 0.05) is 49.7 Å². The summed E-state index contributed by atoms with van der Waals surface area (Å²) in [5, 5.41) is 3.58. The topological polar surface area (TPSA) is 44.8 Å². The van der Waals surface area contributed by atoms with Gasteiger partial charge in [-0.25, -0.2) is 0 Å². The molecule has 2 aromatic rings. The van der Waals surface area contributed by atoms with Crippen LogP contribution in [0.4, 0.5) is 11.4 Å². The number of para-hydroxylation sites is 1. The smallest absolute Gasteiger partial charge is 0.253 e. The average Bonchev–Trinajstić information content (AvgIpc) is 2.79. The van der Waals surface area contributed by atoms with Gasteiger partial charge in [0.15, 0.2) is 0 Å². The van der Waals surface area contributed by atoms with E-state index in [0.717, 1.165) is 81.5 Å². The molecule has 4 rings (SSSR count). The van der Waals surface area contributed by atoms with Gasteiger partial charge in [-0.3, -0.25) is 4.79 Å². The van der Waals surface area contributed by atoms with E-state index in [0.29, 0.717) is 0 Å². The third kappa shape index (κ3) is 4.78. The van der Waals surface area contributed by atoms with Crippen LogP contribution >= 0.6 is 0 Å². The number of ether oxygens (including phenoxy) is 1. The first-order valence-corrected chi connectivity index (χ1v) is 11.2. The van der Waals surface area contributed by atoms with Crippen molar-refractivity contribution in [3.05, 3.63) is 59.2 Å². The minimum atomic E-state index is 0.161. The van der Waals surface area contributed by atoms with Gasteiger partial charge in [-0.15, -0.1) is 0 Å². The number of anilines is 2. The lowest BCUT2D eigenvalue weighted by Gasteiger charge is -2.31. The Labute approximate surface area is 180 Å². The predicted molar refractivity (Wildman–Crippen MR) is 122 cm³/mol. The van der Waals surface area contributed by atoms with E-state index < -0.39 is 0 Å². The molecule has 0 spiro atoms. The minimum Gasteiger partial charge on any atom is -0.381 e. The zero-order chi connectivity index (χ0) is 20.9. The van der Waals surface area contributed by atoms with Crippen LogP contribution in [0.3, 0.4) is 0 Å². The molecule has 5 heteroatoms. The first-order valence-electron chi connectivity index (χ1n) is 11.2. The number of hydrogen-bond donors (Lipinski definition) is 1. The van der Waals surface area contributed by atoms with Gasteiger partial charge in [0.2, 0.25) is 0 Å². The summed E-state index contributed by atoms with van der Waals surface area (Å²) in [6, 6.07) is 14.6. The highest BCUT2D eigenvalue weighted by Crippen LogP contribution is 2.25. The third-order valence-electron chi connectivity index (χ3n) is 6.36. The van der Waals surface area contributed by atoms with Crippen molar-refractivity contribution < 1.29 is 9.53 Å². The summed E-state index contributed by atoms with van der Waals surface area (Å²) in [6.07, 6.45) is 2.21. The number of morpholine rings is 1. The number of likely N-dealkylation sites (tertiary alicyclic amines) is 1. The molecule has 2 aliphatic rings. The zero-order valence-electron chi connectivity index (χ0n) is 18.2. The maximum absolute atomic E-state index is 12.9. The summed E-state index contributed by atoms with van der Waals surface area (Å²) in [7, 11) is 0. The van der Waals surface area contributed by atoms with Gasteiger partial charge in [-0.2, -0.15) is 0 Å². The van der Waals surface area contributed by atoms with Crippen LogP contribution in [0, 0.1) is 12.8 Å². The summed E-state index contributed by atoms with van der Waals surface area (Å²) >= 11 is 0. The average molecular weight is 408 g/mol. The third-order valence-corrected chi connectivity index (χ3v) is 6.36. The molecule has 160 valence electrons. The van der Waals surface area contributed by atoms with E-state index in [1.807, 2.05) is 23.1 Å². The highest BCUT2D eigenvalue weighted by Gasteiger charge is 2.22. The number of amides is 1. The number of aryl methyl sites for hydroxylation is 1. The number of nitrogens with one attached hydrogen (secondary N) is 1. The van der Waals surface area contributed by atoms with Crippen molar-refractivity contribution >= 4 is 17.3 Å². The summed E-state index contributed by atoms with van der Waals surface area (Å²) in [4.78, 5) is 17.3. The van der Waals surface area contributed by atoms with Crippen molar-refractivity contribution in [3.63, 3.8) is 0 Å². The molecule has 2 aromatic carbocycles. The lowest BCUT2D eigenvalue weighted by molar-refractivity contribution is 0.0697. The molecule has 0 aliphatic carbocycles. The second kappa shape index (κ2) is 9.52. The Morgan fingerprint density at radius 2 is 1.80 bits per heavy atom. The summed E-state index contributed by atoms with van der Waals surface area (Å²) in [6.45, 7) is 10.3. The highest BCUT2D eigenvalue weighted by molar-refractivity contribution is 5.95. The summed E-state index contributed by atoms with van der Waals surface area (Å²) < 4.78 is 5.50. The molecule has 2 heterocycles. The van der Waals surface area contributed by atoms with Crippen LogP contribution in [-0.4, -0.2) is 50.2 Å². The number of carbonyl (C=O) groups is 1. The van der Waals surface area contributed by atoms with Gasteiger partial charge in [0.25, 0.3) is 5.91 Å². The van der Waals surface area contributed by atoms with Crippen molar-refractivity contribution in [1.29, 1.82) is 0 Å². The standard InChI is InChI=1S/C25H33N3O2/c1-19-9-11-28(12-10-19)25(29)21-7-8-23(20(2)17-21)26-18-22-5-3-4-6-24(22)27-13-15-30-16-14-27/h3-8,17,19,26H,9-16,18H2,1-2H3. The molecule has 0 saturated carbocycles. The number of benzene rings is 2. The fraction of sp³-hybridized carbons (Fsp3) is 0.480. The largest absolute Gasteiger partial charge is 0.381 e. The number of nitrogens with zero attached hydrogens (tertiary/aromatic N) is 2. The zero-order valence-corrected chi connectivity index (χ0v) is 18.2. The van der Waals surface area contributed by atoms with Gasteiger partial charge >= 0.3 is 0 Å². The molecule has 0 unspecified atom stereocenters. The van der Waals surface area contributed by atoms with Crippen LogP contribution in [0.15, 0.2) is 42.5 Å². The van der Waals surface area contributed by atoms with E-state index >= 15 is 0 Å². The van der Waals surface area contributed by atoms with E-state index in [9.17, 15) is 4.79 Å². The van der Waals surface area contributed by atoms with Gasteiger partial charge in [-0.1, -0.05) is 25.1 Å². The Hall–Kier alpha value is -2.53. The van der Waals surface area contributed by atoms with Crippen molar-refractivity contribution in [2.45, 2.75) is 33.2 Å². The molecule has 0 aromatic heterocycles. The number of hydrogen-bond acceptors (Lipinski definition) is 4. The molecule has 2 fully saturated rings. The number of rotatable bonds is 5. The Kier molecular flexibility index (Phi) is 6.58. The SMILES string of the molecule is Cc1cc(C(=O)N2CCC(C)CC2)ccc1NCc1ccccc1N1CCOCC1. The van der Waals surface area contributed by atoms with Crippen LogP contribution in [0.1, 0.15) is 41.3 Å². The molecule has 2 saturated heterocycles. The first-order chi connectivity index (χ1) is 14.6. The quantitative estimate of drug-likeness (QED) is 0.802. The Morgan fingerprint density at radius 1 is 1.07 bits per heavy atom. The molecular formula is C25H33N3O2. The maximum atomic E-state index is 12.9.